The average Bonchev–Trinajstić information content (AvgIpc) is 2.96. The van der Waals surface area contributed by atoms with Crippen molar-refractivity contribution in [3.8, 4) is 0 Å². The van der Waals surface area contributed by atoms with Crippen molar-refractivity contribution >= 4 is 11.6 Å². The molecule has 1 atom stereocenters. The van der Waals surface area contributed by atoms with Gasteiger partial charge in [-0.1, -0.05) is 23.7 Å². The van der Waals surface area contributed by atoms with Crippen molar-refractivity contribution in [2.24, 2.45) is 0 Å². The molecule has 0 radical (unpaired) electrons. The highest BCUT2D eigenvalue weighted by atomic mass is 35.5. The van der Waals surface area contributed by atoms with Crippen LogP contribution in [0.4, 0.5) is 0 Å². The lowest BCUT2D eigenvalue weighted by molar-refractivity contribution is 0.359. The van der Waals surface area contributed by atoms with Gasteiger partial charge in [-0.05, 0) is 13.3 Å². The van der Waals surface area contributed by atoms with E-state index >= 15 is 0 Å². The van der Waals surface area contributed by atoms with Gasteiger partial charge in [-0.25, -0.2) is 4.68 Å². The summed E-state index contributed by atoms with van der Waals surface area (Å²) in [6.07, 6.45) is 4.81. The highest BCUT2D eigenvalue weighted by molar-refractivity contribution is 6.20. The normalized spacial score (nSPS) is 12.8. The van der Waals surface area contributed by atoms with Crippen molar-refractivity contribution in [1.29, 1.82) is 0 Å². The van der Waals surface area contributed by atoms with Crippen molar-refractivity contribution in [2.75, 3.05) is 0 Å². The summed E-state index contributed by atoms with van der Waals surface area (Å²) >= 11 is 5.91. The van der Waals surface area contributed by atoms with E-state index in [2.05, 4.69) is 27.4 Å². The number of nitrogens with zero attached hydrogens (tertiary/aromatic N) is 5. The molecule has 0 aliphatic heterocycles. The summed E-state index contributed by atoms with van der Waals surface area (Å²) in [4.78, 5) is 4.30. The number of halogens is 1. The van der Waals surface area contributed by atoms with Gasteiger partial charge in [-0.15, -0.1) is 16.7 Å². The Kier molecular flexibility index (Phi) is 4.30. The maximum absolute atomic E-state index is 5.91. The largest absolute Gasteiger partial charge is 0.337 e. The Labute approximate surface area is 110 Å². The van der Waals surface area contributed by atoms with Gasteiger partial charge >= 0.3 is 0 Å². The lowest BCUT2D eigenvalue weighted by atomic mass is 10.2. The summed E-state index contributed by atoms with van der Waals surface area (Å²) in [6.45, 7) is 4.41. The van der Waals surface area contributed by atoms with E-state index in [1.165, 1.54) is 0 Å². The van der Waals surface area contributed by atoms with Gasteiger partial charge in [0, 0.05) is 6.42 Å². The Morgan fingerprint density at radius 1 is 1.50 bits per heavy atom. The summed E-state index contributed by atoms with van der Waals surface area (Å²) in [5, 5.41) is 11.7. The molecule has 98 valence electrons. The summed E-state index contributed by atoms with van der Waals surface area (Å²) < 4.78 is 6.80. The lowest BCUT2D eigenvalue weighted by Crippen LogP contribution is -2.01. The van der Waals surface area contributed by atoms with E-state index in [9.17, 15) is 0 Å². The molecule has 7 heteroatoms. The molecule has 0 saturated carbocycles. The van der Waals surface area contributed by atoms with Crippen LogP contribution >= 0.6 is 11.6 Å². The van der Waals surface area contributed by atoms with Crippen molar-refractivity contribution in [1.82, 2.24) is 25.1 Å². The predicted molar refractivity (Wildman–Crippen MR) is 66.3 cm³/mol. The zero-order chi connectivity index (χ0) is 13.0. The summed E-state index contributed by atoms with van der Waals surface area (Å²) in [5.74, 6) is 1.29. The number of rotatable bonds is 6. The van der Waals surface area contributed by atoms with Gasteiger partial charge in [-0.3, -0.25) is 0 Å². The topological polar surface area (TPSA) is 69.6 Å². The van der Waals surface area contributed by atoms with Crippen LogP contribution in [0.5, 0.6) is 0 Å². The summed E-state index contributed by atoms with van der Waals surface area (Å²) in [7, 11) is 0. The highest BCUT2D eigenvalue weighted by Gasteiger charge is 2.10. The second-order valence-electron chi connectivity index (χ2n) is 4.16. The Morgan fingerprint density at radius 2 is 2.33 bits per heavy atom. The van der Waals surface area contributed by atoms with Gasteiger partial charge in [0.05, 0.1) is 11.6 Å². The molecule has 0 bridgehead atoms. The van der Waals surface area contributed by atoms with Crippen LogP contribution in [0.15, 0.2) is 10.7 Å². The van der Waals surface area contributed by atoms with Crippen LogP contribution < -0.4 is 0 Å². The Morgan fingerprint density at radius 3 is 3.00 bits per heavy atom. The highest BCUT2D eigenvalue weighted by Crippen LogP contribution is 2.15. The minimum absolute atomic E-state index is 0.151. The third-order valence-electron chi connectivity index (χ3n) is 2.53. The summed E-state index contributed by atoms with van der Waals surface area (Å²) in [5.41, 5.74) is 0.738. The van der Waals surface area contributed by atoms with Crippen molar-refractivity contribution < 1.29 is 4.52 Å². The minimum atomic E-state index is -0.151. The fourth-order valence-electron chi connectivity index (χ4n) is 1.50. The molecule has 2 aromatic rings. The third-order valence-corrected chi connectivity index (χ3v) is 2.75. The van der Waals surface area contributed by atoms with Crippen LogP contribution in [0.25, 0.3) is 0 Å². The first kappa shape index (κ1) is 13.0. The van der Waals surface area contributed by atoms with Gasteiger partial charge in [0.2, 0.25) is 5.89 Å². The summed E-state index contributed by atoms with van der Waals surface area (Å²) in [6, 6.07) is 0. The van der Waals surface area contributed by atoms with E-state index in [1.807, 2.05) is 6.92 Å². The predicted octanol–water partition coefficient (Wildman–Crippen LogP) is 2.35. The van der Waals surface area contributed by atoms with Crippen LogP contribution in [0, 0.1) is 0 Å². The van der Waals surface area contributed by atoms with Crippen LogP contribution in [-0.2, 0) is 13.0 Å². The molecule has 0 N–H and O–H groups in total. The zero-order valence-corrected chi connectivity index (χ0v) is 11.3. The third kappa shape index (κ3) is 3.29. The van der Waals surface area contributed by atoms with Crippen LogP contribution in [0.3, 0.4) is 0 Å². The molecule has 2 rings (SSSR count). The van der Waals surface area contributed by atoms with Crippen molar-refractivity contribution in [2.45, 2.75) is 45.0 Å². The Hall–Kier alpha value is -1.43. The Bertz CT molecular complexity index is 493. The van der Waals surface area contributed by atoms with E-state index in [4.69, 9.17) is 16.1 Å². The standard InChI is InChI=1S/C11H16ClN5O/c1-3-4-5-10-13-11(18-15-10)7-17-6-9(8(2)12)14-16-17/h6,8H,3-5,7H2,1-2H3. The minimum Gasteiger partial charge on any atom is -0.337 e. The molecule has 0 amide bonds. The molecule has 0 aliphatic carbocycles. The zero-order valence-electron chi connectivity index (χ0n) is 10.5. The van der Waals surface area contributed by atoms with E-state index in [1.54, 1.807) is 10.9 Å². The van der Waals surface area contributed by atoms with Gasteiger partial charge in [-0.2, -0.15) is 4.98 Å². The number of aromatic nitrogens is 5. The van der Waals surface area contributed by atoms with E-state index in [0.717, 1.165) is 30.8 Å². The molecule has 0 aromatic carbocycles. The number of unbranched alkanes of at least 4 members (excludes halogenated alkanes) is 1. The van der Waals surface area contributed by atoms with E-state index < -0.39 is 0 Å². The maximum Gasteiger partial charge on any atom is 0.248 e. The first-order valence-corrected chi connectivity index (χ1v) is 6.48. The quantitative estimate of drug-likeness (QED) is 0.753. The molecule has 6 nitrogen and oxygen atoms in total. The molecule has 0 fully saturated rings. The monoisotopic (exact) mass is 269 g/mol. The number of aryl methyl sites for hydroxylation is 1. The van der Waals surface area contributed by atoms with Crippen LogP contribution in [-0.4, -0.2) is 25.1 Å². The Balaban J connectivity index is 1.97. The molecular formula is C11H16ClN5O. The molecule has 2 aromatic heterocycles. The van der Waals surface area contributed by atoms with Gasteiger partial charge in [0.15, 0.2) is 5.82 Å². The first-order valence-electron chi connectivity index (χ1n) is 6.04. The van der Waals surface area contributed by atoms with Crippen molar-refractivity contribution in [3.63, 3.8) is 0 Å². The lowest BCUT2D eigenvalue weighted by Gasteiger charge is -1.94. The molecule has 0 saturated heterocycles. The van der Waals surface area contributed by atoms with Gasteiger partial charge < -0.3 is 4.52 Å². The van der Waals surface area contributed by atoms with Crippen molar-refractivity contribution in [3.05, 3.63) is 23.6 Å². The average molecular weight is 270 g/mol. The van der Waals surface area contributed by atoms with E-state index in [0.29, 0.717) is 12.4 Å². The molecule has 1 unspecified atom stereocenters. The SMILES string of the molecule is CCCCc1noc(Cn2cc(C(C)Cl)nn2)n1. The van der Waals surface area contributed by atoms with Crippen LogP contribution in [0.2, 0.25) is 0 Å². The maximum atomic E-state index is 5.91. The smallest absolute Gasteiger partial charge is 0.248 e. The number of hydrogen-bond acceptors (Lipinski definition) is 5. The van der Waals surface area contributed by atoms with E-state index in [-0.39, 0.29) is 5.38 Å². The molecule has 0 spiro atoms. The van der Waals surface area contributed by atoms with Crippen LogP contribution in [0.1, 0.15) is 49.5 Å². The second kappa shape index (κ2) is 5.95. The fourth-order valence-corrected chi connectivity index (χ4v) is 1.60. The molecule has 2 heterocycles. The van der Waals surface area contributed by atoms with Gasteiger partial charge in [0.25, 0.3) is 0 Å². The second-order valence-corrected chi connectivity index (χ2v) is 4.82. The first-order chi connectivity index (χ1) is 8.69. The number of hydrogen-bond donors (Lipinski definition) is 0. The molecular weight excluding hydrogens is 254 g/mol. The molecule has 0 aliphatic rings. The van der Waals surface area contributed by atoms with Gasteiger partial charge in [0.1, 0.15) is 12.2 Å². The molecule has 18 heavy (non-hydrogen) atoms. The fraction of sp³-hybridized carbons (Fsp3) is 0.636. The number of alkyl halides is 1.